The summed E-state index contributed by atoms with van der Waals surface area (Å²) in [5.74, 6) is 0. The molecule has 4 bridgehead atoms. The van der Waals surface area contributed by atoms with Crippen LogP contribution in [0.2, 0.25) is 0 Å². The van der Waals surface area contributed by atoms with Crippen molar-refractivity contribution in [3.63, 3.8) is 0 Å². The summed E-state index contributed by atoms with van der Waals surface area (Å²) in [4.78, 5) is 3.26. The van der Waals surface area contributed by atoms with Crippen molar-refractivity contribution in [2.75, 3.05) is 37.8 Å². The van der Waals surface area contributed by atoms with Crippen LogP contribution in [0.3, 0.4) is 0 Å². The van der Waals surface area contributed by atoms with Gasteiger partial charge in [0.25, 0.3) is 0 Å². The van der Waals surface area contributed by atoms with Crippen LogP contribution in [0.4, 0.5) is 11.4 Å². The molecule has 2 saturated heterocycles. The van der Waals surface area contributed by atoms with Gasteiger partial charge in [-0.05, 0) is 23.3 Å². The Balaban J connectivity index is 1.75. The number of rotatable bonds is 0. The van der Waals surface area contributed by atoms with E-state index in [0.29, 0.717) is 12.3 Å². The minimum Gasteiger partial charge on any atom is -0.335 e. The quantitative estimate of drug-likeness (QED) is 0.549. The lowest BCUT2D eigenvalue weighted by molar-refractivity contribution is -0.944. The lowest BCUT2D eigenvalue weighted by Crippen LogP contribution is -3.25. The van der Waals surface area contributed by atoms with Crippen molar-refractivity contribution in [3.05, 3.63) is 59.7 Å². The predicted octanol–water partition coefficient (Wildman–Crippen LogP) is 0.202. The number of benzene rings is 2. The molecule has 2 aromatic carbocycles. The zero-order chi connectivity index (χ0) is 17.5. The van der Waals surface area contributed by atoms with Gasteiger partial charge in [-0.2, -0.15) is 0 Å². The molecule has 0 saturated carbocycles. The van der Waals surface area contributed by atoms with Crippen LogP contribution in [0.25, 0.3) is 0 Å². The fraction of sp³-hybridized carbons (Fsp3) is 0.455. The number of hydrogen-bond acceptors (Lipinski definition) is 2. The maximum atomic E-state index is 4.00. The molecule has 26 heavy (non-hydrogen) atoms. The van der Waals surface area contributed by atoms with Gasteiger partial charge in [0.05, 0.1) is 38.0 Å². The lowest BCUT2D eigenvalue weighted by Gasteiger charge is -2.68. The molecule has 4 aliphatic heterocycles. The summed E-state index contributed by atoms with van der Waals surface area (Å²) in [5.41, 5.74) is 6.11. The average molecular weight is 348 g/mol. The van der Waals surface area contributed by atoms with E-state index in [9.17, 15) is 0 Å². The molecule has 4 heterocycles. The monoisotopic (exact) mass is 348 g/mol. The molecule has 4 heteroatoms. The van der Waals surface area contributed by atoms with Crippen LogP contribution in [-0.2, 0) is 10.8 Å². The van der Waals surface area contributed by atoms with Gasteiger partial charge in [-0.25, -0.2) is 0 Å². The van der Waals surface area contributed by atoms with Crippen molar-refractivity contribution in [1.29, 1.82) is 0 Å². The number of para-hydroxylation sites is 2. The highest BCUT2D eigenvalue weighted by molar-refractivity contribution is 5.70. The maximum Gasteiger partial charge on any atom is 0.171 e. The first-order chi connectivity index (χ1) is 12.7. The fourth-order valence-electron chi connectivity index (χ4n) is 7.03. The fourth-order valence-corrected chi connectivity index (χ4v) is 7.03. The highest BCUT2D eigenvalue weighted by Crippen LogP contribution is 2.61. The molecule has 2 fully saturated rings. The van der Waals surface area contributed by atoms with E-state index in [4.69, 9.17) is 0 Å². The molecule has 0 amide bonds. The van der Waals surface area contributed by atoms with Gasteiger partial charge < -0.3 is 20.4 Å². The molecule has 0 spiro atoms. The molecule has 2 aromatic rings. The molecule has 4 N–H and O–H groups in total. The summed E-state index contributed by atoms with van der Waals surface area (Å²) in [6.45, 7) is 2.45. The van der Waals surface area contributed by atoms with Gasteiger partial charge in [-0.3, -0.25) is 0 Å². The van der Waals surface area contributed by atoms with Crippen LogP contribution < -0.4 is 20.4 Å². The molecular formula is C22H28N4+2. The standard InChI is InChI=1S/C22H26N4/c1-25-13-11-22-16-8-4-5-9-17(16)23-19(25)21(22)12-14-26(2)20(22)24-18-10-6-3-7-15(18)21/h3-10,19-20,23-24H,11-14H2,1-2H3/p+2/t19-,20-,21-,22-/m1/s1. The van der Waals surface area contributed by atoms with E-state index in [2.05, 4.69) is 73.3 Å². The second-order valence-corrected chi connectivity index (χ2v) is 8.88. The average Bonchev–Trinajstić information content (AvgIpc) is 2.67. The third-order valence-electron chi connectivity index (χ3n) is 8.01. The number of hydrogen-bond donors (Lipinski definition) is 4. The highest BCUT2D eigenvalue weighted by atomic mass is 15.4. The zero-order valence-corrected chi connectivity index (χ0v) is 15.6. The zero-order valence-electron chi connectivity index (χ0n) is 15.6. The third-order valence-corrected chi connectivity index (χ3v) is 8.01. The number of likely N-dealkylation sites (tertiary alicyclic amines) is 2. The molecular weight excluding hydrogens is 320 g/mol. The number of anilines is 2. The SMILES string of the molecule is C[NH+]1CC[C@]23c4ccccc4N[C@H]1[C@]21CC[NH+](C)[C@H]3Nc2ccccc21. The second-order valence-electron chi connectivity index (χ2n) is 8.88. The number of fused-ring (bicyclic) bond motifs is 2. The van der Waals surface area contributed by atoms with Gasteiger partial charge in [0, 0.05) is 24.2 Å². The number of quaternary nitrogens is 2. The summed E-state index contributed by atoms with van der Waals surface area (Å²) < 4.78 is 0. The Labute approximate surface area is 155 Å². The van der Waals surface area contributed by atoms with Gasteiger partial charge in [0.1, 0.15) is 0 Å². The largest absolute Gasteiger partial charge is 0.335 e. The smallest absolute Gasteiger partial charge is 0.171 e. The van der Waals surface area contributed by atoms with Crippen molar-refractivity contribution in [1.82, 2.24) is 0 Å². The van der Waals surface area contributed by atoms with Crippen LogP contribution in [-0.4, -0.2) is 39.5 Å². The Morgan fingerprint density at radius 1 is 0.731 bits per heavy atom. The minimum absolute atomic E-state index is 0.162. The Kier molecular flexibility index (Phi) is 2.79. The predicted molar refractivity (Wildman–Crippen MR) is 104 cm³/mol. The Morgan fingerprint density at radius 3 is 1.62 bits per heavy atom. The van der Waals surface area contributed by atoms with Gasteiger partial charge in [-0.1, -0.05) is 36.4 Å². The molecule has 0 radical (unpaired) electrons. The van der Waals surface area contributed by atoms with E-state index < -0.39 is 0 Å². The first kappa shape index (κ1) is 15.1. The van der Waals surface area contributed by atoms with E-state index in [1.807, 2.05) is 0 Å². The summed E-state index contributed by atoms with van der Waals surface area (Å²) in [6.07, 6.45) is 3.37. The number of piperidine rings is 2. The van der Waals surface area contributed by atoms with Crippen molar-refractivity contribution in [2.24, 2.45) is 0 Å². The Hall–Kier alpha value is -2.04. The lowest BCUT2D eigenvalue weighted by atomic mass is 9.45. The maximum absolute atomic E-state index is 4.00. The van der Waals surface area contributed by atoms with Crippen LogP contribution in [0.15, 0.2) is 48.5 Å². The van der Waals surface area contributed by atoms with Gasteiger partial charge in [0.2, 0.25) is 0 Å². The summed E-state index contributed by atoms with van der Waals surface area (Å²) in [5, 5.41) is 8.00. The first-order valence-corrected chi connectivity index (χ1v) is 10.1. The summed E-state index contributed by atoms with van der Waals surface area (Å²) in [7, 11) is 4.77. The van der Waals surface area contributed by atoms with Crippen molar-refractivity contribution in [2.45, 2.75) is 36.0 Å². The number of likely N-dealkylation sites (N-methyl/N-ethyl adjacent to an activating group) is 2. The van der Waals surface area contributed by atoms with Crippen molar-refractivity contribution >= 4 is 11.4 Å². The van der Waals surface area contributed by atoms with Gasteiger partial charge in [-0.15, -0.1) is 0 Å². The normalized spacial score (nSPS) is 41.8. The van der Waals surface area contributed by atoms with E-state index in [0.717, 1.165) is 0 Å². The van der Waals surface area contributed by atoms with E-state index in [-0.39, 0.29) is 10.8 Å². The summed E-state index contributed by atoms with van der Waals surface area (Å²) >= 11 is 0. The molecule has 0 aliphatic carbocycles. The molecule has 6 atom stereocenters. The second kappa shape index (κ2) is 4.81. The summed E-state index contributed by atoms with van der Waals surface area (Å²) in [6, 6.07) is 18.2. The minimum atomic E-state index is 0.162. The third kappa shape index (κ3) is 1.47. The van der Waals surface area contributed by atoms with Crippen LogP contribution >= 0.6 is 0 Å². The topological polar surface area (TPSA) is 32.9 Å². The molecule has 0 aromatic heterocycles. The van der Waals surface area contributed by atoms with E-state index in [1.165, 1.54) is 48.4 Å². The Bertz CT molecular complexity index is 822. The van der Waals surface area contributed by atoms with Gasteiger partial charge >= 0.3 is 0 Å². The van der Waals surface area contributed by atoms with Crippen LogP contribution in [0, 0.1) is 0 Å². The van der Waals surface area contributed by atoms with Crippen LogP contribution in [0.1, 0.15) is 24.0 Å². The van der Waals surface area contributed by atoms with Gasteiger partial charge in [0.15, 0.2) is 12.3 Å². The molecule has 134 valence electrons. The van der Waals surface area contributed by atoms with Crippen molar-refractivity contribution in [3.8, 4) is 0 Å². The van der Waals surface area contributed by atoms with E-state index in [1.54, 1.807) is 9.80 Å². The van der Waals surface area contributed by atoms with E-state index >= 15 is 0 Å². The Morgan fingerprint density at radius 2 is 1.15 bits per heavy atom. The molecule has 4 aliphatic rings. The van der Waals surface area contributed by atoms with Crippen LogP contribution in [0.5, 0.6) is 0 Å². The highest BCUT2D eigenvalue weighted by Gasteiger charge is 2.75. The number of nitrogens with one attached hydrogen (secondary N) is 4. The molecule has 4 nitrogen and oxygen atoms in total. The molecule has 2 unspecified atom stereocenters. The molecule has 6 rings (SSSR count). The van der Waals surface area contributed by atoms with Crippen molar-refractivity contribution < 1.29 is 9.80 Å². The first-order valence-electron chi connectivity index (χ1n) is 10.1.